The average Bonchev–Trinajstić information content (AvgIpc) is 3.58. The summed E-state index contributed by atoms with van der Waals surface area (Å²) in [6.07, 6.45) is 0. The number of fused-ring (bicyclic) bond motifs is 2. The van der Waals surface area contributed by atoms with Crippen molar-refractivity contribution in [1.29, 1.82) is 0 Å². The molecule has 4 heterocycles. The van der Waals surface area contributed by atoms with Crippen LogP contribution < -0.4 is 0 Å². The first-order chi connectivity index (χ1) is 26.3. The lowest BCUT2D eigenvalue weighted by atomic mass is 10.0. The van der Waals surface area contributed by atoms with Gasteiger partial charge in [0.2, 0.25) is 0 Å². The van der Waals surface area contributed by atoms with Crippen LogP contribution in [0, 0.1) is 0 Å². The third-order valence-electron chi connectivity index (χ3n) is 10.00. The highest BCUT2D eigenvalue weighted by Crippen LogP contribution is 2.39. The van der Waals surface area contributed by atoms with Gasteiger partial charge in [-0.25, -0.2) is 29.9 Å². The Morgan fingerprint density at radius 3 is 1.43 bits per heavy atom. The maximum Gasteiger partial charge on any atom is 0.200 e. The van der Waals surface area contributed by atoms with Gasteiger partial charge in [0.1, 0.15) is 11.5 Å². The summed E-state index contributed by atoms with van der Waals surface area (Å²) in [5.74, 6) is 1.97. The van der Waals surface area contributed by atoms with Gasteiger partial charge in [-0.3, -0.25) is 4.57 Å². The molecule has 0 bridgehead atoms. The van der Waals surface area contributed by atoms with Crippen molar-refractivity contribution in [2.75, 3.05) is 0 Å². The molecule has 0 saturated carbocycles. The molecule has 11 aromatic rings. The topological polar surface area (TPSA) is 82.3 Å². The molecule has 0 radical (unpaired) electrons. The molecule has 0 spiro atoms. The second-order valence-corrected chi connectivity index (χ2v) is 13.1. The molecule has 0 atom stereocenters. The summed E-state index contributed by atoms with van der Waals surface area (Å²) in [5, 5.41) is 6.67. The highest BCUT2D eigenvalue weighted by atomic mass is 15.1. The largest absolute Gasteiger partial charge is 0.294 e. The van der Waals surface area contributed by atoms with E-state index in [1.54, 1.807) is 0 Å². The van der Waals surface area contributed by atoms with Crippen LogP contribution in [0.15, 0.2) is 164 Å². The summed E-state index contributed by atoms with van der Waals surface area (Å²) in [7, 11) is 0. The first-order valence-electron chi connectivity index (χ1n) is 17.6. The van der Waals surface area contributed by atoms with E-state index >= 15 is 0 Å². The summed E-state index contributed by atoms with van der Waals surface area (Å²) in [4.78, 5) is 31.0. The Bertz CT molecular complexity index is 2960. The van der Waals surface area contributed by atoms with Crippen LogP contribution in [0.1, 0.15) is 0 Å². The second kappa shape index (κ2) is 11.6. The third kappa shape index (κ3) is 4.68. The minimum absolute atomic E-state index is 0.383. The molecule has 0 aliphatic rings. The zero-order valence-corrected chi connectivity index (χ0v) is 28.2. The average molecular weight is 678 g/mol. The number of hydrogen-bond acceptors (Lipinski definition) is 6. The fourth-order valence-corrected chi connectivity index (χ4v) is 7.63. The number of rotatable bonds is 5. The quantitative estimate of drug-likeness (QED) is 0.169. The summed E-state index contributed by atoms with van der Waals surface area (Å²) in [6, 6.07) is 55.8. The number of benzene rings is 7. The number of nitrogens with zero attached hydrogens (tertiary/aromatic N) is 7. The van der Waals surface area contributed by atoms with E-state index in [0.717, 1.165) is 55.4 Å². The summed E-state index contributed by atoms with van der Waals surface area (Å²) in [5.41, 5.74) is 7.96. The van der Waals surface area contributed by atoms with Crippen LogP contribution in [-0.4, -0.2) is 34.5 Å². The van der Waals surface area contributed by atoms with E-state index in [-0.39, 0.29) is 0 Å². The fraction of sp³-hybridized carbons (Fsp3) is 0. The molecule has 7 aromatic carbocycles. The predicted molar refractivity (Wildman–Crippen MR) is 213 cm³/mol. The highest BCUT2D eigenvalue weighted by Gasteiger charge is 2.22. The van der Waals surface area contributed by atoms with Gasteiger partial charge in [0.15, 0.2) is 17.5 Å². The first kappa shape index (κ1) is 29.4. The Kier molecular flexibility index (Phi) is 6.42. The molecule has 4 aromatic heterocycles. The molecule has 7 nitrogen and oxygen atoms in total. The maximum atomic E-state index is 5.29. The standard InChI is InChI=1S/C46H27N7/c1-3-13-30(14-4-1)42-32-19-7-9-21-34(32)47-44(51-42)36-27-39(53-37-23-11-17-28-25-26-29-18-12-24-38(53)41(29)40(28)37)50-45(49-36)46-48-35-22-10-8-20-33(35)43(52-46)31-15-5-2-6-16-31/h1-27H. The van der Waals surface area contributed by atoms with Crippen molar-refractivity contribution in [3.63, 3.8) is 0 Å². The van der Waals surface area contributed by atoms with Crippen molar-refractivity contribution in [3.05, 3.63) is 164 Å². The van der Waals surface area contributed by atoms with E-state index in [1.165, 1.54) is 21.5 Å². The number of hydrogen-bond donors (Lipinski definition) is 0. The van der Waals surface area contributed by atoms with Gasteiger partial charge in [-0.15, -0.1) is 0 Å². The van der Waals surface area contributed by atoms with Crippen LogP contribution in [0.2, 0.25) is 0 Å². The summed E-state index contributed by atoms with van der Waals surface area (Å²) in [6.45, 7) is 0. The number of aromatic nitrogens is 7. The van der Waals surface area contributed by atoms with Crippen molar-refractivity contribution in [2.24, 2.45) is 0 Å². The summed E-state index contributed by atoms with van der Waals surface area (Å²) >= 11 is 0. The fourth-order valence-electron chi connectivity index (χ4n) is 7.63. The molecular weight excluding hydrogens is 651 g/mol. The van der Waals surface area contributed by atoms with Crippen molar-refractivity contribution < 1.29 is 0 Å². The smallest absolute Gasteiger partial charge is 0.200 e. The molecule has 11 rings (SSSR count). The van der Waals surface area contributed by atoms with Crippen molar-refractivity contribution >= 4 is 54.4 Å². The normalized spacial score (nSPS) is 11.8. The van der Waals surface area contributed by atoms with E-state index in [0.29, 0.717) is 29.0 Å². The van der Waals surface area contributed by atoms with E-state index < -0.39 is 0 Å². The monoisotopic (exact) mass is 677 g/mol. The maximum absolute atomic E-state index is 5.29. The molecule has 0 fully saturated rings. The molecule has 0 aliphatic carbocycles. The minimum Gasteiger partial charge on any atom is -0.294 e. The van der Waals surface area contributed by atoms with Crippen LogP contribution in [0.25, 0.3) is 106 Å². The van der Waals surface area contributed by atoms with Crippen LogP contribution >= 0.6 is 0 Å². The van der Waals surface area contributed by atoms with E-state index in [4.69, 9.17) is 29.9 Å². The molecule has 0 aliphatic heterocycles. The lowest BCUT2D eigenvalue weighted by Crippen LogP contribution is -2.06. The van der Waals surface area contributed by atoms with Crippen LogP contribution in [0.3, 0.4) is 0 Å². The third-order valence-corrected chi connectivity index (χ3v) is 10.00. The van der Waals surface area contributed by atoms with Gasteiger partial charge in [0.25, 0.3) is 0 Å². The Labute approximate surface area is 303 Å². The Morgan fingerprint density at radius 1 is 0.358 bits per heavy atom. The molecule has 0 amide bonds. The predicted octanol–water partition coefficient (Wildman–Crippen LogP) is 10.7. The van der Waals surface area contributed by atoms with Crippen LogP contribution in [0.4, 0.5) is 0 Å². The molecule has 53 heavy (non-hydrogen) atoms. The van der Waals surface area contributed by atoms with Gasteiger partial charge in [0, 0.05) is 38.7 Å². The Morgan fingerprint density at radius 2 is 0.849 bits per heavy atom. The SMILES string of the molecule is c1ccc(-c2nc(-c3cc(-n4c5cccc6ccc7cccc4c7c65)nc(-c4nc(-c5ccccc5)c5ccccc5n4)n3)nc3ccccc23)cc1. The Balaban J connectivity index is 1.23. The van der Waals surface area contributed by atoms with Gasteiger partial charge in [-0.2, -0.15) is 0 Å². The molecule has 0 saturated heterocycles. The molecular formula is C46H27N7. The van der Waals surface area contributed by atoms with Gasteiger partial charge in [-0.05, 0) is 35.0 Å². The number of para-hydroxylation sites is 2. The van der Waals surface area contributed by atoms with E-state index in [1.807, 2.05) is 78.9 Å². The van der Waals surface area contributed by atoms with Crippen molar-refractivity contribution in [3.8, 4) is 51.5 Å². The first-order valence-corrected chi connectivity index (χ1v) is 17.6. The van der Waals surface area contributed by atoms with Crippen LogP contribution in [-0.2, 0) is 0 Å². The highest BCUT2D eigenvalue weighted by molar-refractivity contribution is 6.24. The molecule has 246 valence electrons. The van der Waals surface area contributed by atoms with E-state index in [9.17, 15) is 0 Å². The lowest BCUT2D eigenvalue weighted by molar-refractivity contribution is 1.02. The zero-order chi connectivity index (χ0) is 34.9. The Hall–Kier alpha value is -7.38. The van der Waals surface area contributed by atoms with Crippen molar-refractivity contribution in [1.82, 2.24) is 34.5 Å². The van der Waals surface area contributed by atoms with Gasteiger partial charge >= 0.3 is 0 Å². The van der Waals surface area contributed by atoms with E-state index in [2.05, 4.69) is 89.5 Å². The van der Waals surface area contributed by atoms with Crippen LogP contribution in [0.5, 0.6) is 0 Å². The second-order valence-electron chi connectivity index (χ2n) is 13.1. The zero-order valence-electron chi connectivity index (χ0n) is 28.2. The lowest BCUT2D eigenvalue weighted by Gasteiger charge is -2.13. The molecule has 0 N–H and O–H groups in total. The van der Waals surface area contributed by atoms with Gasteiger partial charge < -0.3 is 0 Å². The molecule has 7 heteroatoms. The van der Waals surface area contributed by atoms with Gasteiger partial charge in [0.05, 0.1) is 33.5 Å². The summed E-state index contributed by atoms with van der Waals surface area (Å²) < 4.78 is 2.22. The van der Waals surface area contributed by atoms with Gasteiger partial charge in [-0.1, -0.05) is 133 Å². The molecule has 0 unspecified atom stereocenters. The minimum atomic E-state index is 0.383. The van der Waals surface area contributed by atoms with Crippen molar-refractivity contribution in [2.45, 2.75) is 0 Å².